The van der Waals surface area contributed by atoms with E-state index in [4.69, 9.17) is 4.74 Å². The van der Waals surface area contributed by atoms with Gasteiger partial charge in [0.15, 0.2) is 5.78 Å². The molecule has 4 heteroatoms. The van der Waals surface area contributed by atoms with E-state index in [1.165, 1.54) is 0 Å². The smallest absolute Gasteiger partial charge is 0.309 e. The summed E-state index contributed by atoms with van der Waals surface area (Å²) in [6.45, 7) is 5.74. The number of hydrogen-bond acceptors (Lipinski definition) is 4. The van der Waals surface area contributed by atoms with Gasteiger partial charge in [-0.15, -0.1) is 0 Å². The predicted molar refractivity (Wildman–Crippen MR) is 68.1 cm³/mol. The number of allylic oxidation sites excluding steroid dienone is 1. The maximum Gasteiger partial charge on any atom is 0.309 e. The Balaban J connectivity index is 2.02. The van der Waals surface area contributed by atoms with Gasteiger partial charge >= 0.3 is 5.97 Å². The minimum atomic E-state index is -0.646. The molecular formula is C15H20O4. The van der Waals surface area contributed by atoms with Crippen molar-refractivity contribution in [1.29, 1.82) is 0 Å². The van der Waals surface area contributed by atoms with Crippen LogP contribution >= 0.6 is 0 Å². The van der Waals surface area contributed by atoms with Gasteiger partial charge in [0.25, 0.3) is 0 Å². The van der Waals surface area contributed by atoms with Crippen LogP contribution in [0.15, 0.2) is 11.1 Å². The zero-order valence-electron chi connectivity index (χ0n) is 11.6. The Bertz CT molecular complexity index is 479. The Kier molecular flexibility index (Phi) is 2.82. The summed E-state index contributed by atoms with van der Waals surface area (Å²) in [4.78, 5) is 23.6. The number of ether oxygens (including phenoxy) is 1. The molecule has 104 valence electrons. The third-order valence-electron chi connectivity index (χ3n) is 5.23. The second-order valence-electron chi connectivity index (χ2n) is 6.28. The minimum absolute atomic E-state index is 0.116. The monoisotopic (exact) mass is 264 g/mol. The lowest BCUT2D eigenvalue weighted by Crippen LogP contribution is -2.35. The van der Waals surface area contributed by atoms with Crippen LogP contribution in [-0.4, -0.2) is 29.1 Å². The van der Waals surface area contributed by atoms with Gasteiger partial charge in [-0.2, -0.15) is 0 Å². The first-order valence-electron chi connectivity index (χ1n) is 7.04. The van der Waals surface area contributed by atoms with Crippen LogP contribution in [0.5, 0.6) is 0 Å². The molecule has 19 heavy (non-hydrogen) atoms. The van der Waals surface area contributed by atoms with Gasteiger partial charge in [0.05, 0.1) is 12.0 Å². The highest BCUT2D eigenvalue weighted by Crippen LogP contribution is 2.48. The molecule has 1 heterocycles. The van der Waals surface area contributed by atoms with Gasteiger partial charge in [-0.05, 0) is 24.8 Å². The van der Waals surface area contributed by atoms with Crippen molar-refractivity contribution >= 4 is 11.8 Å². The summed E-state index contributed by atoms with van der Waals surface area (Å²) in [5.74, 6) is -0.440. The zero-order valence-corrected chi connectivity index (χ0v) is 11.6. The fourth-order valence-electron chi connectivity index (χ4n) is 4.22. The van der Waals surface area contributed by atoms with Crippen molar-refractivity contribution in [2.24, 2.45) is 23.7 Å². The first-order chi connectivity index (χ1) is 8.91. The summed E-state index contributed by atoms with van der Waals surface area (Å²) in [7, 11) is 0. The molecular weight excluding hydrogens is 244 g/mol. The van der Waals surface area contributed by atoms with Gasteiger partial charge in [-0.3, -0.25) is 9.59 Å². The average molecular weight is 264 g/mol. The summed E-state index contributed by atoms with van der Waals surface area (Å²) in [6.07, 6.45) is 0.256. The molecule has 1 aliphatic heterocycles. The molecule has 3 rings (SSSR count). The van der Waals surface area contributed by atoms with E-state index < -0.39 is 6.10 Å². The lowest BCUT2D eigenvalue weighted by molar-refractivity contribution is -0.144. The summed E-state index contributed by atoms with van der Waals surface area (Å²) in [6, 6.07) is 0. The van der Waals surface area contributed by atoms with Gasteiger partial charge in [-0.1, -0.05) is 19.4 Å². The lowest BCUT2D eigenvalue weighted by atomic mass is 9.80. The van der Waals surface area contributed by atoms with Crippen molar-refractivity contribution in [3.05, 3.63) is 11.1 Å². The number of hydrogen-bond donors (Lipinski definition) is 1. The number of rotatable bonds is 0. The molecule has 6 atom stereocenters. The minimum Gasteiger partial charge on any atom is -0.462 e. The fraction of sp³-hybridized carbons (Fsp3) is 0.733. The van der Waals surface area contributed by atoms with Gasteiger partial charge in [-0.25, -0.2) is 0 Å². The normalized spacial score (nSPS) is 45.9. The molecule has 1 saturated carbocycles. The third kappa shape index (κ3) is 1.69. The molecule has 0 unspecified atom stereocenters. The van der Waals surface area contributed by atoms with Crippen LogP contribution in [0, 0.1) is 23.7 Å². The largest absolute Gasteiger partial charge is 0.462 e. The molecule has 3 aliphatic rings. The van der Waals surface area contributed by atoms with Gasteiger partial charge < -0.3 is 9.84 Å². The van der Waals surface area contributed by atoms with Crippen molar-refractivity contribution in [1.82, 2.24) is 0 Å². The van der Waals surface area contributed by atoms with E-state index in [0.29, 0.717) is 12.8 Å². The van der Waals surface area contributed by atoms with Crippen LogP contribution in [-0.2, 0) is 14.3 Å². The molecule has 0 spiro atoms. The van der Waals surface area contributed by atoms with Crippen molar-refractivity contribution < 1.29 is 19.4 Å². The molecule has 2 aliphatic carbocycles. The van der Waals surface area contributed by atoms with Crippen LogP contribution < -0.4 is 0 Å². The third-order valence-corrected chi connectivity index (χ3v) is 5.23. The van der Waals surface area contributed by atoms with Crippen LogP contribution in [0.4, 0.5) is 0 Å². The van der Waals surface area contributed by atoms with Crippen molar-refractivity contribution in [3.8, 4) is 0 Å². The quantitative estimate of drug-likeness (QED) is 0.673. The Labute approximate surface area is 112 Å². The number of aliphatic hydroxyl groups excluding tert-OH is 1. The second-order valence-corrected chi connectivity index (χ2v) is 6.28. The topological polar surface area (TPSA) is 63.6 Å². The number of fused-ring (bicyclic) bond motifs is 2. The molecule has 1 N–H and O–H groups in total. The number of ketones is 1. The first kappa shape index (κ1) is 12.9. The highest BCUT2D eigenvalue weighted by molar-refractivity contribution is 5.98. The first-order valence-corrected chi connectivity index (χ1v) is 7.04. The van der Waals surface area contributed by atoms with Crippen LogP contribution in [0.3, 0.4) is 0 Å². The zero-order chi connectivity index (χ0) is 13.9. The lowest BCUT2D eigenvalue weighted by Gasteiger charge is -2.26. The molecule has 2 fully saturated rings. The molecule has 0 aromatic rings. The summed E-state index contributed by atoms with van der Waals surface area (Å²) < 4.78 is 5.42. The molecule has 1 saturated heterocycles. The SMILES string of the molecule is CC1=C2[C@H](C)C[C@@H]3OC(=O)[C@@H](C)[C@H]3[C@H](O)[C@H]2CC1=O. The molecule has 0 radical (unpaired) electrons. The summed E-state index contributed by atoms with van der Waals surface area (Å²) in [5.41, 5.74) is 1.91. The van der Waals surface area contributed by atoms with E-state index >= 15 is 0 Å². The van der Waals surface area contributed by atoms with E-state index in [2.05, 4.69) is 6.92 Å². The highest BCUT2D eigenvalue weighted by atomic mass is 16.6. The van der Waals surface area contributed by atoms with E-state index in [9.17, 15) is 14.7 Å². The van der Waals surface area contributed by atoms with Crippen molar-refractivity contribution in [2.75, 3.05) is 0 Å². The van der Waals surface area contributed by atoms with E-state index in [1.54, 1.807) is 0 Å². The van der Waals surface area contributed by atoms with Crippen LogP contribution in [0.1, 0.15) is 33.6 Å². The van der Waals surface area contributed by atoms with Gasteiger partial charge in [0.1, 0.15) is 6.10 Å². The number of aliphatic hydroxyl groups is 1. The van der Waals surface area contributed by atoms with Gasteiger partial charge in [0.2, 0.25) is 0 Å². The van der Waals surface area contributed by atoms with Gasteiger partial charge in [0, 0.05) is 18.3 Å². The Morgan fingerprint density at radius 2 is 1.95 bits per heavy atom. The maximum absolute atomic E-state index is 11.9. The summed E-state index contributed by atoms with van der Waals surface area (Å²) >= 11 is 0. The molecule has 0 aromatic carbocycles. The standard InChI is InChI=1S/C15H20O4/c1-6-4-11-13(8(3)15(18)19-11)14(17)9-5-10(16)7(2)12(6)9/h6,8-9,11,13-14,17H,4-5H2,1-3H3/t6-,8+,9+,11+,13-,14-/m1/s1. The van der Waals surface area contributed by atoms with Crippen LogP contribution in [0.25, 0.3) is 0 Å². The Morgan fingerprint density at radius 3 is 2.63 bits per heavy atom. The molecule has 4 nitrogen and oxygen atoms in total. The molecule has 0 bridgehead atoms. The van der Waals surface area contributed by atoms with Crippen molar-refractivity contribution in [2.45, 2.75) is 45.8 Å². The highest BCUT2D eigenvalue weighted by Gasteiger charge is 2.53. The molecule has 0 amide bonds. The van der Waals surface area contributed by atoms with E-state index in [-0.39, 0.29) is 41.5 Å². The predicted octanol–water partition coefficient (Wildman–Crippen LogP) is 1.47. The fourth-order valence-corrected chi connectivity index (χ4v) is 4.22. The average Bonchev–Trinajstić information content (AvgIpc) is 2.75. The number of esters is 1. The number of Topliss-reactive ketones (excluding diaryl/α,β-unsaturated/α-hetero) is 1. The van der Waals surface area contributed by atoms with Crippen LogP contribution in [0.2, 0.25) is 0 Å². The maximum atomic E-state index is 11.9. The number of carbonyl (C=O) groups is 2. The second kappa shape index (κ2) is 4.17. The Hall–Kier alpha value is -1.16. The van der Waals surface area contributed by atoms with E-state index in [0.717, 1.165) is 11.1 Å². The van der Waals surface area contributed by atoms with E-state index in [1.807, 2.05) is 13.8 Å². The molecule has 0 aromatic heterocycles. The summed E-state index contributed by atoms with van der Waals surface area (Å²) in [5, 5.41) is 10.7. The number of carbonyl (C=O) groups excluding carboxylic acids is 2. The Morgan fingerprint density at radius 1 is 1.26 bits per heavy atom. The van der Waals surface area contributed by atoms with Crippen molar-refractivity contribution in [3.63, 3.8) is 0 Å².